The van der Waals surface area contributed by atoms with Crippen LogP contribution in [0.5, 0.6) is 0 Å². The second-order valence-corrected chi connectivity index (χ2v) is 5.46. The summed E-state index contributed by atoms with van der Waals surface area (Å²) in [5.41, 5.74) is 1.96. The molecule has 0 saturated heterocycles. The minimum atomic E-state index is -2.46. The van der Waals surface area contributed by atoms with Gasteiger partial charge in [-0.05, 0) is 36.0 Å². The molecule has 4 heteroatoms. The molecule has 1 aliphatic rings. The molecule has 1 aromatic carbocycles. The van der Waals surface area contributed by atoms with E-state index in [2.05, 4.69) is 11.9 Å². The summed E-state index contributed by atoms with van der Waals surface area (Å²) in [6, 6.07) is 5.90. The highest BCUT2D eigenvalue weighted by molar-refractivity contribution is 7.18. The van der Waals surface area contributed by atoms with E-state index in [1.165, 1.54) is 12.0 Å². The van der Waals surface area contributed by atoms with Gasteiger partial charge in [0.25, 0.3) is 6.43 Å². The van der Waals surface area contributed by atoms with Crippen LogP contribution in [0.2, 0.25) is 0 Å². The van der Waals surface area contributed by atoms with Gasteiger partial charge in [-0.2, -0.15) is 0 Å². The Morgan fingerprint density at radius 2 is 2.19 bits per heavy atom. The molecular weight excluding hydrogens is 228 g/mol. The average molecular weight is 239 g/mol. The molecule has 2 atom stereocenters. The van der Waals surface area contributed by atoms with E-state index >= 15 is 0 Å². The Morgan fingerprint density at radius 3 is 2.81 bits per heavy atom. The highest BCUT2D eigenvalue weighted by Gasteiger charge is 2.34. The summed E-state index contributed by atoms with van der Waals surface area (Å²) >= 11 is 1.10. The summed E-state index contributed by atoms with van der Waals surface area (Å²) in [5, 5.41) is -0.0732. The number of aromatic nitrogens is 1. The number of nitrogens with zero attached hydrogens (tertiary/aromatic N) is 1. The van der Waals surface area contributed by atoms with Gasteiger partial charge >= 0.3 is 0 Å². The van der Waals surface area contributed by atoms with E-state index in [1.807, 2.05) is 18.2 Å². The Morgan fingerprint density at radius 1 is 1.44 bits per heavy atom. The molecule has 1 nitrogen and oxygen atoms in total. The average Bonchev–Trinajstić information content (AvgIpc) is 2.82. The van der Waals surface area contributed by atoms with Crippen LogP contribution >= 0.6 is 11.3 Å². The Balaban J connectivity index is 2.04. The maximum Gasteiger partial charge on any atom is 0.289 e. The van der Waals surface area contributed by atoms with Gasteiger partial charge in [0.05, 0.1) is 10.2 Å². The van der Waals surface area contributed by atoms with Crippen molar-refractivity contribution in [3.63, 3.8) is 0 Å². The van der Waals surface area contributed by atoms with Crippen LogP contribution in [0.25, 0.3) is 10.2 Å². The largest absolute Gasteiger partial charge is 0.289 e. The number of thiazole rings is 1. The van der Waals surface area contributed by atoms with Crippen molar-refractivity contribution in [1.82, 2.24) is 4.98 Å². The number of alkyl halides is 2. The predicted molar refractivity (Wildman–Crippen MR) is 61.1 cm³/mol. The second kappa shape index (κ2) is 3.48. The zero-order chi connectivity index (χ0) is 11.3. The summed E-state index contributed by atoms with van der Waals surface area (Å²) in [7, 11) is 0. The Bertz CT molecular complexity index is 535. The summed E-state index contributed by atoms with van der Waals surface area (Å²) in [6.45, 7) is 2.21. The molecule has 0 aliphatic heterocycles. The molecule has 16 heavy (non-hydrogen) atoms. The standard InChI is InChI=1S/C12H11F2NS/c1-6-4-8(6)7-2-3-9-10(5-7)16-12(15-9)11(13)14/h2-3,5-6,8,11H,4H2,1H3/t6-,8-/m0/s1. The molecule has 1 fully saturated rings. The number of hydrogen-bond donors (Lipinski definition) is 0. The first-order valence-electron chi connectivity index (χ1n) is 5.33. The summed E-state index contributed by atoms with van der Waals surface area (Å²) in [6.07, 6.45) is -1.24. The molecule has 0 N–H and O–H groups in total. The van der Waals surface area contributed by atoms with Crippen LogP contribution in [0, 0.1) is 5.92 Å². The lowest BCUT2D eigenvalue weighted by Gasteiger charge is -1.97. The Labute approximate surface area is 96.1 Å². The Kier molecular flexibility index (Phi) is 2.21. The van der Waals surface area contributed by atoms with Crippen molar-refractivity contribution in [2.75, 3.05) is 0 Å². The van der Waals surface area contributed by atoms with Gasteiger partial charge < -0.3 is 0 Å². The first kappa shape index (κ1) is 10.1. The van der Waals surface area contributed by atoms with E-state index in [-0.39, 0.29) is 5.01 Å². The lowest BCUT2D eigenvalue weighted by atomic mass is 10.1. The molecule has 3 rings (SSSR count). The smallest absolute Gasteiger partial charge is 0.235 e. The van der Waals surface area contributed by atoms with Crippen LogP contribution < -0.4 is 0 Å². The SMILES string of the molecule is C[C@H]1C[C@@H]1c1ccc2nc(C(F)F)sc2c1. The molecule has 2 aromatic rings. The van der Waals surface area contributed by atoms with Gasteiger partial charge in [-0.1, -0.05) is 13.0 Å². The van der Waals surface area contributed by atoms with Crippen LogP contribution in [-0.2, 0) is 0 Å². The van der Waals surface area contributed by atoms with Crippen molar-refractivity contribution >= 4 is 21.6 Å². The molecule has 0 unspecified atom stereocenters. The lowest BCUT2D eigenvalue weighted by Crippen LogP contribution is -1.81. The third kappa shape index (κ3) is 1.61. The molecule has 0 spiro atoms. The second-order valence-electron chi connectivity index (χ2n) is 4.40. The third-order valence-corrected chi connectivity index (χ3v) is 4.18. The minimum Gasteiger partial charge on any atom is -0.235 e. The van der Waals surface area contributed by atoms with Crippen LogP contribution in [-0.4, -0.2) is 4.98 Å². The number of hydrogen-bond acceptors (Lipinski definition) is 2. The van der Waals surface area contributed by atoms with Crippen LogP contribution in [0.4, 0.5) is 8.78 Å². The zero-order valence-electron chi connectivity index (χ0n) is 8.78. The fraction of sp³-hybridized carbons (Fsp3) is 0.417. The third-order valence-electron chi connectivity index (χ3n) is 3.15. The van der Waals surface area contributed by atoms with Gasteiger partial charge in [0.1, 0.15) is 0 Å². The first-order valence-corrected chi connectivity index (χ1v) is 6.15. The number of fused-ring (bicyclic) bond motifs is 1. The van der Waals surface area contributed by atoms with Crippen molar-refractivity contribution in [3.8, 4) is 0 Å². The molecule has 1 heterocycles. The van der Waals surface area contributed by atoms with Gasteiger partial charge in [0, 0.05) is 0 Å². The normalized spacial score (nSPS) is 24.2. The lowest BCUT2D eigenvalue weighted by molar-refractivity contribution is 0.151. The quantitative estimate of drug-likeness (QED) is 0.758. The Hall–Kier alpha value is -1.03. The maximum atomic E-state index is 12.5. The van der Waals surface area contributed by atoms with Crippen molar-refractivity contribution in [2.24, 2.45) is 5.92 Å². The zero-order valence-corrected chi connectivity index (χ0v) is 9.60. The molecule has 1 aliphatic carbocycles. The predicted octanol–water partition coefficient (Wildman–Crippen LogP) is 4.36. The van der Waals surface area contributed by atoms with Gasteiger partial charge in [0.15, 0.2) is 5.01 Å². The van der Waals surface area contributed by atoms with Crippen LogP contribution in [0.15, 0.2) is 18.2 Å². The monoisotopic (exact) mass is 239 g/mol. The summed E-state index contributed by atoms with van der Waals surface area (Å²) < 4.78 is 25.9. The maximum absolute atomic E-state index is 12.5. The molecule has 0 bridgehead atoms. The highest BCUT2D eigenvalue weighted by Crippen LogP contribution is 2.47. The summed E-state index contributed by atoms with van der Waals surface area (Å²) in [4.78, 5) is 3.92. The molecule has 1 aromatic heterocycles. The van der Waals surface area contributed by atoms with E-state index < -0.39 is 6.43 Å². The van der Waals surface area contributed by atoms with Crippen LogP contribution in [0.1, 0.15) is 36.3 Å². The summed E-state index contributed by atoms with van der Waals surface area (Å²) in [5.74, 6) is 1.36. The van der Waals surface area contributed by atoms with Gasteiger partial charge in [0.2, 0.25) is 0 Å². The van der Waals surface area contributed by atoms with Gasteiger partial charge in [-0.3, -0.25) is 0 Å². The van der Waals surface area contributed by atoms with E-state index in [4.69, 9.17) is 0 Å². The number of halogens is 2. The minimum absolute atomic E-state index is 0.0732. The first-order chi connectivity index (χ1) is 7.65. The molecule has 0 radical (unpaired) electrons. The van der Waals surface area contributed by atoms with Crippen molar-refractivity contribution in [2.45, 2.75) is 25.7 Å². The van der Waals surface area contributed by atoms with Crippen molar-refractivity contribution in [1.29, 1.82) is 0 Å². The molecule has 0 amide bonds. The fourth-order valence-electron chi connectivity index (χ4n) is 2.07. The van der Waals surface area contributed by atoms with Crippen LogP contribution in [0.3, 0.4) is 0 Å². The van der Waals surface area contributed by atoms with Gasteiger partial charge in [-0.15, -0.1) is 11.3 Å². The van der Waals surface area contributed by atoms with E-state index in [0.717, 1.165) is 22.0 Å². The molecule has 1 saturated carbocycles. The number of benzene rings is 1. The van der Waals surface area contributed by atoms with E-state index in [1.54, 1.807) is 0 Å². The highest BCUT2D eigenvalue weighted by atomic mass is 32.1. The van der Waals surface area contributed by atoms with Crippen molar-refractivity contribution in [3.05, 3.63) is 28.8 Å². The molecule has 84 valence electrons. The topological polar surface area (TPSA) is 12.9 Å². The number of rotatable bonds is 2. The fourth-order valence-corrected chi connectivity index (χ4v) is 2.94. The van der Waals surface area contributed by atoms with E-state index in [0.29, 0.717) is 11.4 Å². The van der Waals surface area contributed by atoms with Crippen molar-refractivity contribution < 1.29 is 8.78 Å². The van der Waals surface area contributed by atoms with E-state index in [9.17, 15) is 8.78 Å². The van der Waals surface area contributed by atoms with Gasteiger partial charge in [-0.25, -0.2) is 13.8 Å². The molecular formula is C12H11F2NS.